The first-order chi connectivity index (χ1) is 14.3. The maximum absolute atomic E-state index is 13.1. The number of carbonyl (C=O) groups is 3. The highest BCUT2D eigenvalue weighted by Gasteiger charge is 2.30. The van der Waals surface area contributed by atoms with Crippen molar-refractivity contribution in [3.8, 4) is 5.75 Å². The summed E-state index contributed by atoms with van der Waals surface area (Å²) in [7, 11) is 1.59. The molecule has 3 amide bonds. The summed E-state index contributed by atoms with van der Waals surface area (Å²) in [5.74, 6) is 0.0392. The minimum Gasteiger partial charge on any atom is -0.491 e. The lowest BCUT2D eigenvalue weighted by atomic mass is 10.1. The zero-order valence-corrected chi connectivity index (χ0v) is 17.7. The van der Waals surface area contributed by atoms with Gasteiger partial charge in [0.25, 0.3) is 5.91 Å². The third kappa shape index (κ3) is 4.79. The maximum atomic E-state index is 13.1. The second-order valence-corrected chi connectivity index (χ2v) is 7.73. The van der Waals surface area contributed by atoms with Gasteiger partial charge in [-0.15, -0.1) is 0 Å². The molecular formula is C23H27N3O4. The Balaban J connectivity index is 1.74. The molecule has 1 atom stereocenters. The van der Waals surface area contributed by atoms with Gasteiger partial charge in [-0.2, -0.15) is 0 Å². The molecule has 0 spiro atoms. The van der Waals surface area contributed by atoms with Gasteiger partial charge in [-0.1, -0.05) is 12.1 Å². The van der Waals surface area contributed by atoms with Crippen LogP contribution in [0.15, 0.2) is 48.5 Å². The molecule has 1 unspecified atom stereocenters. The van der Waals surface area contributed by atoms with Gasteiger partial charge < -0.3 is 19.9 Å². The molecule has 0 aromatic heterocycles. The minimum atomic E-state index is -0.322. The Bertz CT molecular complexity index is 940. The van der Waals surface area contributed by atoms with Crippen molar-refractivity contribution in [3.63, 3.8) is 0 Å². The number of anilines is 2. The number of nitrogens with one attached hydrogen (secondary N) is 1. The van der Waals surface area contributed by atoms with E-state index in [1.54, 1.807) is 54.4 Å². The molecule has 1 aliphatic heterocycles. The van der Waals surface area contributed by atoms with Gasteiger partial charge in [0.2, 0.25) is 11.8 Å². The fourth-order valence-corrected chi connectivity index (χ4v) is 3.49. The van der Waals surface area contributed by atoms with Crippen molar-refractivity contribution in [2.24, 2.45) is 0 Å². The summed E-state index contributed by atoms with van der Waals surface area (Å²) in [5.41, 5.74) is 1.70. The first kappa shape index (κ1) is 21.4. The standard InChI is InChI=1S/C23H27N3O4/c1-15(2)30-18-11-9-17(10-12-18)23(29)25(4)14-22(28)26-16(3)13-21(27)24-19-7-5-6-8-20(19)26/h5-12,15-16H,13-14H2,1-4H3,(H,24,27). The number of nitrogens with zero attached hydrogens (tertiary/aromatic N) is 2. The van der Waals surface area contributed by atoms with E-state index in [2.05, 4.69) is 5.32 Å². The molecule has 1 aliphatic rings. The predicted molar refractivity (Wildman–Crippen MR) is 116 cm³/mol. The lowest BCUT2D eigenvalue weighted by Gasteiger charge is -2.29. The Kier molecular flexibility index (Phi) is 6.40. The lowest BCUT2D eigenvalue weighted by Crippen LogP contribution is -2.45. The van der Waals surface area contributed by atoms with E-state index in [0.29, 0.717) is 22.7 Å². The number of rotatable bonds is 5. The lowest BCUT2D eigenvalue weighted by molar-refractivity contribution is -0.119. The average Bonchev–Trinajstić information content (AvgIpc) is 2.81. The summed E-state index contributed by atoms with van der Waals surface area (Å²) >= 11 is 0. The van der Waals surface area contributed by atoms with Crippen molar-refractivity contribution in [2.45, 2.75) is 39.3 Å². The van der Waals surface area contributed by atoms with Gasteiger partial charge in [0, 0.05) is 25.1 Å². The van der Waals surface area contributed by atoms with Crippen molar-refractivity contribution in [1.29, 1.82) is 0 Å². The Morgan fingerprint density at radius 1 is 1.17 bits per heavy atom. The monoisotopic (exact) mass is 409 g/mol. The van der Waals surface area contributed by atoms with E-state index < -0.39 is 0 Å². The van der Waals surface area contributed by atoms with Crippen LogP contribution in [-0.2, 0) is 9.59 Å². The van der Waals surface area contributed by atoms with Crippen LogP contribution in [0.1, 0.15) is 37.6 Å². The molecule has 0 fully saturated rings. The van der Waals surface area contributed by atoms with Crippen molar-refractivity contribution in [2.75, 3.05) is 23.8 Å². The highest BCUT2D eigenvalue weighted by molar-refractivity contribution is 6.06. The van der Waals surface area contributed by atoms with Crippen LogP contribution in [0.4, 0.5) is 11.4 Å². The van der Waals surface area contributed by atoms with E-state index in [0.717, 1.165) is 0 Å². The highest BCUT2D eigenvalue weighted by Crippen LogP contribution is 2.31. The Morgan fingerprint density at radius 2 is 1.83 bits per heavy atom. The van der Waals surface area contributed by atoms with E-state index >= 15 is 0 Å². The zero-order valence-electron chi connectivity index (χ0n) is 17.7. The molecule has 2 aromatic rings. The summed E-state index contributed by atoms with van der Waals surface area (Å²) in [5, 5.41) is 2.83. The van der Waals surface area contributed by atoms with Gasteiger partial charge in [-0.25, -0.2) is 0 Å². The second kappa shape index (κ2) is 8.98. The molecule has 0 bridgehead atoms. The van der Waals surface area contributed by atoms with Gasteiger partial charge >= 0.3 is 0 Å². The molecule has 0 aliphatic carbocycles. The summed E-state index contributed by atoms with van der Waals surface area (Å²) in [4.78, 5) is 41.0. The van der Waals surface area contributed by atoms with Crippen molar-refractivity contribution < 1.29 is 19.1 Å². The smallest absolute Gasteiger partial charge is 0.254 e. The quantitative estimate of drug-likeness (QED) is 0.822. The van der Waals surface area contributed by atoms with Crippen LogP contribution in [0.2, 0.25) is 0 Å². The van der Waals surface area contributed by atoms with E-state index in [9.17, 15) is 14.4 Å². The first-order valence-electron chi connectivity index (χ1n) is 9.99. The third-order valence-electron chi connectivity index (χ3n) is 4.82. The maximum Gasteiger partial charge on any atom is 0.254 e. The number of likely N-dealkylation sites (N-methyl/N-ethyl adjacent to an activating group) is 1. The van der Waals surface area contributed by atoms with Gasteiger partial charge in [0.1, 0.15) is 12.3 Å². The van der Waals surface area contributed by atoms with Gasteiger partial charge in [-0.05, 0) is 57.2 Å². The number of carbonyl (C=O) groups excluding carboxylic acids is 3. The molecule has 1 heterocycles. The van der Waals surface area contributed by atoms with E-state index in [-0.39, 0.29) is 42.8 Å². The van der Waals surface area contributed by atoms with Crippen LogP contribution in [0.5, 0.6) is 5.75 Å². The Labute approximate surface area is 176 Å². The predicted octanol–water partition coefficient (Wildman–Crippen LogP) is 3.31. The van der Waals surface area contributed by atoms with Gasteiger partial charge in [0.05, 0.1) is 17.5 Å². The van der Waals surface area contributed by atoms with E-state index in [4.69, 9.17) is 4.74 Å². The topological polar surface area (TPSA) is 79.0 Å². The van der Waals surface area contributed by atoms with Crippen molar-refractivity contribution in [3.05, 3.63) is 54.1 Å². The van der Waals surface area contributed by atoms with Crippen LogP contribution in [-0.4, -0.2) is 48.4 Å². The molecule has 1 N–H and O–H groups in total. The summed E-state index contributed by atoms with van der Waals surface area (Å²) in [6.07, 6.45) is 0.238. The third-order valence-corrected chi connectivity index (χ3v) is 4.82. The van der Waals surface area contributed by atoms with Crippen molar-refractivity contribution >= 4 is 29.1 Å². The molecule has 0 saturated heterocycles. The molecule has 30 heavy (non-hydrogen) atoms. The molecule has 3 rings (SSSR count). The second-order valence-electron chi connectivity index (χ2n) is 7.73. The zero-order chi connectivity index (χ0) is 21.8. The van der Waals surface area contributed by atoms with E-state index in [1.165, 1.54) is 4.90 Å². The van der Waals surface area contributed by atoms with Crippen LogP contribution >= 0.6 is 0 Å². The van der Waals surface area contributed by atoms with Crippen LogP contribution in [0, 0.1) is 0 Å². The number of ether oxygens (including phenoxy) is 1. The first-order valence-corrected chi connectivity index (χ1v) is 9.99. The number of fused-ring (bicyclic) bond motifs is 1. The molecular weight excluding hydrogens is 382 g/mol. The Hall–Kier alpha value is -3.35. The molecule has 158 valence electrons. The molecule has 2 aromatic carbocycles. The molecule has 0 saturated carbocycles. The van der Waals surface area contributed by atoms with Gasteiger partial charge in [0.15, 0.2) is 0 Å². The van der Waals surface area contributed by atoms with Crippen LogP contribution in [0.25, 0.3) is 0 Å². The fraction of sp³-hybridized carbons (Fsp3) is 0.348. The largest absolute Gasteiger partial charge is 0.491 e. The highest BCUT2D eigenvalue weighted by atomic mass is 16.5. The fourth-order valence-electron chi connectivity index (χ4n) is 3.49. The summed E-state index contributed by atoms with van der Waals surface area (Å²) in [6.45, 7) is 5.60. The summed E-state index contributed by atoms with van der Waals surface area (Å²) in [6, 6.07) is 13.7. The molecule has 7 heteroatoms. The number of amides is 3. The van der Waals surface area contributed by atoms with Crippen LogP contribution < -0.4 is 15.0 Å². The minimum absolute atomic E-state index is 0.0479. The number of benzene rings is 2. The Morgan fingerprint density at radius 3 is 2.50 bits per heavy atom. The SMILES string of the molecule is CC(C)Oc1ccc(C(=O)N(C)CC(=O)N2c3ccccc3NC(=O)CC2C)cc1. The van der Waals surface area contributed by atoms with Crippen LogP contribution in [0.3, 0.4) is 0 Å². The van der Waals surface area contributed by atoms with Gasteiger partial charge in [-0.3, -0.25) is 14.4 Å². The number of para-hydroxylation sites is 2. The van der Waals surface area contributed by atoms with E-state index in [1.807, 2.05) is 26.8 Å². The normalized spacial score (nSPS) is 15.8. The number of hydrogen-bond donors (Lipinski definition) is 1. The average molecular weight is 409 g/mol. The summed E-state index contributed by atoms with van der Waals surface area (Å²) < 4.78 is 5.60. The molecule has 7 nitrogen and oxygen atoms in total. The molecule has 0 radical (unpaired) electrons. The number of hydrogen-bond acceptors (Lipinski definition) is 4. The van der Waals surface area contributed by atoms with Crippen molar-refractivity contribution in [1.82, 2.24) is 4.90 Å².